The van der Waals surface area contributed by atoms with Crippen LogP contribution in [-0.2, 0) is 0 Å². The molecule has 0 unspecified atom stereocenters. The maximum atomic E-state index is 2.45. The first-order chi connectivity index (χ1) is 5.20. The van der Waals surface area contributed by atoms with E-state index in [1.807, 2.05) is 0 Å². The second-order valence-corrected chi connectivity index (χ2v) is 3.46. The Labute approximate surface area is 69.4 Å². The Morgan fingerprint density at radius 3 is 2.82 bits per heavy atom. The fourth-order valence-corrected chi connectivity index (χ4v) is 1.26. The lowest BCUT2D eigenvalue weighted by atomic mass is 10.2. The topological polar surface area (TPSA) is 3.24 Å². The highest BCUT2D eigenvalue weighted by molar-refractivity contribution is 5.15. The van der Waals surface area contributed by atoms with Crippen LogP contribution in [0.3, 0.4) is 0 Å². The molecule has 0 aromatic heterocycles. The summed E-state index contributed by atoms with van der Waals surface area (Å²) in [7, 11) is 0. The van der Waals surface area contributed by atoms with E-state index in [2.05, 4.69) is 43.9 Å². The van der Waals surface area contributed by atoms with Gasteiger partial charge in [-0.1, -0.05) is 23.8 Å². The van der Waals surface area contributed by atoms with Gasteiger partial charge in [-0.05, 0) is 20.8 Å². The van der Waals surface area contributed by atoms with E-state index in [4.69, 9.17) is 0 Å². The van der Waals surface area contributed by atoms with Crippen molar-refractivity contribution in [1.29, 1.82) is 0 Å². The molecule has 1 heterocycles. The SMILES string of the molecule is CC1=CC=CCN(C(C)C)C1. The van der Waals surface area contributed by atoms with Crippen LogP contribution in [-0.4, -0.2) is 24.0 Å². The summed E-state index contributed by atoms with van der Waals surface area (Å²) >= 11 is 0. The first-order valence-electron chi connectivity index (χ1n) is 4.26. The van der Waals surface area contributed by atoms with Crippen LogP contribution in [0, 0.1) is 0 Å². The molecule has 62 valence electrons. The predicted octanol–water partition coefficient (Wildman–Crippen LogP) is 2.21. The number of nitrogens with zero attached hydrogens (tertiary/aromatic N) is 1. The Kier molecular flexibility index (Phi) is 2.89. The minimum absolute atomic E-state index is 0.654. The second-order valence-electron chi connectivity index (χ2n) is 3.46. The molecule has 0 saturated heterocycles. The smallest absolute Gasteiger partial charge is 0.0199 e. The predicted molar refractivity (Wildman–Crippen MR) is 49.6 cm³/mol. The Morgan fingerprint density at radius 1 is 1.45 bits per heavy atom. The third-order valence-corrected chi connectivity index (χ3v) is 2.04. The lowest BCUT2D eigenvalue weighted by molar-refractivity contribution is 0.268. The Balaban J connectivity index is 2.59. The third kappa shape index (κ3) is 2.51. The molecule has 0 fully saturated rings. The van der Waals surface area contributed by atoms with Crippen LogP contribution < -0.4 is 0 Å². The highest BCUT2D eigenvalue weighted by Gasteiger charge is 2.08. The van der Waals surface area contributed by atoms with Crippen molar-refractivity contribution in [2.24, 2.45) is 0 Å². The standard InChI is InChI=1S/C10H17N/c1-9(2)11-7-5-4-6-10(3)8-11/h4-6,9H,7-8H2,1-3H3. The summed E-state index contributed by atoms with van der Waals surface area (Å²) < 4.78 is 0. The summed E-state index contributed by atoms with van der Waals surface area (Å²) in [6, 6.07) is 0.654. The second kappa shape index (κ2) is 3.72. The lowest BCUT2D eigenvalue weighted by Crippen LogP contribution is -2.31. The van der Waals surface area contributed by atoms with Crippen LogP contribution in [0.1, 0.15) is 20.8 Å². The van der Waals surface area contributed by atoms with E-state index in [0.717, 1.165) is 13.1 Å². The summed E-state index contributed by atoms with van der Waals surface area (Å²) in [5.41, 5.74) is 1.45. The Bertz CT molecular complexity index is 177. The quantitative estimate of drug-likeness (QED) is 0.555. The normalized spacial score (nSPS) is 20.2. The monoisotopic (exact) mass is 151 g/mol. The van der Waals surface area contributed by atoms with Crippen molar-refractivity contribution in [2.45, 2.75) is 26.8 Å². The number of hydrogen-bond acceptors (Lipinski definition) is 1. The van der Waals surface area contributed by atoms with Crippen molar-refractivity contribution in [1.82, 2.24) is 4.90 Å². The zero-order valence-corrected chi connectivity index (χ0v) is 7.67. The molecule has 0 aliphatic carbocycles. The van der Waals surface area contributed by atoms with Crippen molar-refractivity contribution in [3.8, 4) is 0 Å². The molecular weight excluding hydrogens is 134 g/mol. The van der Waals surface area contributed by atoms with Crippen molar-refractivity contribution in [2.75, 3.05) is 13.1 Å². The zero-order chi connectivity index (χ0) is 8.27. The minimum atomic E-state index is 0.654. The van der Waals surface area contributed by atoms with Gasteiger partial charge in [0.2, 0.25) is 0 Å². The maximum absolute atomic E-state index is 2.45. The molecule has 1 aliphatic rings. The van der Waals surface area contributed by atoms with Crippen molar-refractivity contribution < 1.29 is 0 Å². The van der Waals surface area contributed by atoms with Gasteiger partial charge in [0.05, 0.1) is 0 Å². The van der Waals surface area contributed by atoms with Gasteiger partial charge in [-0.3, -0.25) is 4.90 Å². The molecule has 0 saturated carbocycles. The van der Waals surface area contributed by atoms with E-state index in [9.17, 15) is 0 Å². The van der Waals surface area contributed by atoms with Crippen LogP contribution in [0.5, 0.6) is 0 Å². The van der Waals surface area contributed by atoms with E-state index in [1.165, 1.54) is 5.57 Å². The van der Waals surface area contributed by atoms with Crippen LogP contribution in [0.2, 0.25) is 0 Å². The first-order valence-corrected chi connectivity index (χ1v) is 4.26. The van der Waals surface area contributed by atoms with Gasteiger partial charge in [-0.15, -0.1) is 0 Å². The molecule has 0 aromatic carbocycles. The number of rotatable bonds is 1. The molecule has 0 amide bonds. The zero-order valence-electron chi connectivity index (χ0n) is 7.67. The average Bonchev–Trinajstić information content (AvgIpc) is 2.13. The number of hydrogen-bond donors (Lipinski definition) is 0. The summed E-state index contributed by atoms with van der Waals surface area (Å²) in [6.07, 6.45) is 6.57. The van der Waals surface area contributed by atoms with Crippen molar-refractivity contribution >= 4 is 0 Å². The Hall–Kier alpha value is -0.560. The molecule has 1 heteroatoms. The highest BCUT2D eigenvalue weighted by Crippen LogP contribution is 2.07. The van der Waals surface area contributed by atoms with E-state index in [-0.39, 0.29) is 0 Å². The van der Waals surface area contributed by atoms with Gasteiger partial charge in [-0.2, -0.15) is 0 Å². The van der Waals surface area contributed by atoms with E-state index in [0.29, 0.717) is 6.04 Å². The van der Waals surface area contributed by atoms with Gasteiger partial charge in [0, 0.05) is 19.1 Å². The molecule has 11 heavy (non-hydrogen) atoms. The molecule has 0 aromatic rings. The summed E-state index contributed by atoms with van der Waals surface area (Å²) in [5, 5.41) is 0. The van der Waals surface area contributed by atoms with Gasteiger partial charge < -0.3 is 0 Å². The molecule has 1 nitrogen and oxygen atoms in total. The molecule has 0 bridgehead atoms. The first kappa shape index (κ1) is 8.54. The molecular formula is C10H17N. The number of allylic oxidation sites excluding steroid dienone is 2. The van der Waals surface area contributed by atoms with E-state index in [1.54, 1.807) is 0 Å². The van der Waals surface area contributed by atoms with Crippen LogP contribution in [0.25, 0.3) is 0 Å². The summed E-state index contributed by atoms with van der Waals surface area (Å²) in [5.74, 6) is 0. The van der Waals surface area contributed by atoms with Gasteiger partial charge in [0.15, 0.2) is 0 Å². The third-order valence-electron chi connectivity index (χ3n) is 2.04. The van der Waals surface area contributed by atoms with Crippen LogP contribution in [0.15, 0.2) is 23.8 Å². The van der Waals surface area contributed by atoms with Gasteiger partial charge >= 0.3 is 0 Å². The fraction of sp³-hybridized carbons (Fsp3) is 0.600. The molecule has 0 N–H and O–H groups in total. The molecule has 1 aliphatic heterocycles. The maximum Gasteiger partial charge on any atom is 0.0199 e. The molecule has 1 rings (SSSR count). The van der Waals surface area contributed by atoms with E-state index < -0.39 is 0 Å². The molecule has 0 radical (unpaired) electrons. The molecule has 0 atom stereocenters. The van der Waals surface area contributed by atoms with Crippen LogP contribution >= 0.6 is 0 Å². The van der Waals surface area contributed by atoms with Crippen molar-refractivity contribution in [3.63, 3.8) is 0 Å². The van der Waals surface area contributed by atoms with Gasteiger partial charge in [0.25, 0.3) is 0 Å². The van der Waals surface area contributed by atoms with Crippen LogP contribution in [0.4, 0.5) is 0 Å². The highest BCUT2D eigenvalue weighted by atomic mass is 15.1. The lowest BCUT2D eigenvalue weighted by Gasteiger charge is -2.24. The van der Waals surface area contributed by atoms with Crippen molar-refractivity contribution in [3.05, 3.63) is 23.8 Å². The van der Waals surface area contributed by atoms with E-state index >= 15 is 0 Å². The van der Waals surface area contributed by atoms with Gasteiger partial charge in [0.1, 0.15) is 0 Å². The van der Waals surface area contributed by atoms with Gasteiger partial charge in [-0.25, -0.2) is 0 Å². The molecule has 0 spiro atoms. The largest absolute Gasteiger partial charge is 0.293 e. The minimum Gasteiger partial charge on any atom is -0.293 e. The summed E-state index contributed by atoms with van der Waals surface area (Å²) in [4.78, 5) is 2.45. The summed E-state index contributed by atoms with van der Waals surface area (Å²) in [6.45, 7) is 8.88. The fourth-order valence-electron chi connectivity index (χ4n) is 1.26. The average molecular weight is 151 g/mol. The Morgan fingerprint density at radius 2 is 2.18 bits per heavy atom.